The van der Waals surface area contributed by atoms with Crippen LogP contribution in [0.1, 0.15) is 29.5 Å². The lowest BCUT2D eigenvalue weighted by Crippen LogP contribution is -2.41. The molecule has 0 bridgehead atoms. The van der Waals surface area contributed by atoms with Crippen LogP contribution in [0.15, 0.2) is 18.2 Å². The van der Waals surface area contributed by atoms with Gasteiger partial charge in [-0.25, -0.2) is 0 Å². The lowest BCUT2D eigenvalue weighted by molar-refractivity contribution is 0.0743. The van der Waals surface area contributed by atoms with Crippen LogP contribution >= 0.6 is 0 Å². The molecule has 1 N–H and O–H groups in total. The van der Waals surface area contributed by atoms with Gasteiger partial charge in [-0.2, -0.15) is 0 Å². The minimum atomic E-state index is 0.553. The van der Waals surface area contributed by atoms with Crippen molar-refractivity contribution in [3.05, 3.63) is 34.9 Å². The lowest BCUT2D eigenvalue weighted by atomic mass is 10.0. The second-order valence-electron chi connectivity index (χ2n) is 5.22. The molecule has 0 aromatic heterocycles. The molecule has 2 nitrogen and oxygen atoms in total. The van der Waals surface area contributed by atoms with E-state index in [1.807, 2.05) is 0 Å². The number of ether oxygens (including phenoxy) is 1. The Morgan fingerprint density at radius 1 is 1.24 bits per heavy atom. The Labute approximate surface area is 103 Å². The van der Waals surface area contributed by atoms with E-state index in [-0.39, 0.29) is 0 Å². The lowest BCUT2D eigenvalue weighted by Gasteiger charge is -2.23. The summed E-state index contributed by atoms with van der Waals surface area (Å²) < 4.78 is 5.48. The molecule has 1 aromatic carbocycles. The van der Waals surface area contributed by atoms with Gasteiger partial charge >= 0.3 is 0 Å². The van der Waals surface area contributed by atoms with Crippen LogP contribution in [0.5, 0.6) is 0 Å². The zero-order valence-electron chi connectivity index (χ0n) is 10.4. The van der Waals surface area contributed by atoms with Crippen molar-refractivity contribution in [3.8, 4) is 0 Å². The molecule has 1 atom stereocenters. The average molecular weight is 231 g/mol. The topological polar surface area (TPSA) is 21.3 Å². The minimum absolute atomic E-state index is 0.553. The van der Waals surface area contributed by atoms with E-state index in [1.165, 1.54) is 37.7 Å². The summed E-state index contributed by atoms with van der Waals surface area (Å²) in [6, 6.07) is 7.62. The van der Waals surface area contributed by atoms with Crippen molar-refractivity contribution in [1.29, 1.82) is 0 Å². The fourth-order valence-corrected chi connectivity index (χ4v) is 2.93. The Morgan fingerprint density at radius 2 is 2.18 bits per heavy atom. The summed E-state index contributed by atoms with van der Waals surface area (Å²) in [7, 11) is 0. The third kappa shape index (κ3) is 2.70. The molecule has 0 spiro atoms. The summed E-state index contributed by atoms with van der Waals surface area (Å²) in [5, 5.41) is 3.52. The predicted octanol–water partition coefficient (Wildman–Crippen LogP) is 2.10. The van der Waals surface area contributed by atoms with E-state index in [9.17, 15) is 0 Å². The zero-order chi connectivity index (χ0) is 11.5. The van der Waals surface area contributed by atoms with E-state index in [0.29, 0.717) is 6.04 Å². The monoisotopic (exact) mass is 231 g/mol. The van der Waals surface area contributed by atoms with Gasteiger partial charge in [-0.3, -0.25) is 0 Å². The molecule has 1 unspecified atom stereocenters. The van der Waals surface area contributed by atoms with Gasteiger partial charge in [-0.15, -0.1) is 0 Å². The number of morpholine rings is 1. The first-order valence-corrected chi connectivity index (χ1v) is 6.83. The molecule has 1 aliphatic carbocycles. The van der Waals surface area contributed by atoms with E-state index in [1.54, 1.807) is 11.1 Å². The van der Waals surface area contributed by atoms with Gasteiger partial charge in [0.25, 0.3) is 0 Å². The van der Waals surface area contributed by atoms with Crippen LogP contribution in [0.4, 0.5) is 0 Å². The average Bonchev–Trinajstić information content (AvgIpc) is 2.85. The Morgan fingerprint density at radius 3 is 3.06 bits per heavy atom. The van der Waals surface area contributed by atoms with Gasteiger partial charge in [0.15, 0.2) is 0 Å². The number of nitrogens with one attached hydrogen (secondary N) is 1. The molecule has 0 amide bonds. The van der Waals surface area contributed by atoms with Crippen molar-refractivity contribution in [2.24, 2.45) is 0 Å². The maximum absolute atomic E-state index is 5.48. The maximum atomic E-state index is 5.48. The standard InChI is InChI=1S/C15H21NO/c1-2-13-6-4-12(10-14(13)3-1)5-7-15-11-17-9-8-16-15/h4,6,10,15-16H,1-3,5,7-9,11H2. The first kappa shape index (κ1) is 11.2. The Bertz CT molecular complexity index is 383. The third-order valence-corrected chi connectivity index (χ3v) is 3.94. The van der Waals surface area contributed by atoms with Crippen molar-refractivity contribution >= 4 is 0 Å². The summed E-state index contributed by atoms with van der Waals surface area (Å²) in [6.07, 6.45) is 6.28. The molecule has 1 fully saturated rings. The van der Waals surface area contributed by atoms with E-state index in [2.05, 4.69) is 23.5 Å². The normalized spacial score (nSPS) is 23.6. The number of benzene rings is 1. The van der Waals surface area contributed by atoms with Crippen molar-refractivity contribution in [2.45, 2.75) is 38.1 Å². The summed E-state index contributed by atoms with van der Waals surface area (Å²) in [5.74, 6) is 0. The second kappa shape index (κ2) is 5.19. The van der Waals surface area contributed by atoms with Crippen LogP contribution in [0, 0.1) is 0 Å². The van der Waals surface area contributed by atoms with Crippen molar-refractivity contribution in [3.63, 3.8) is 0 Å². The van der Waals surface area contributed by atoms with Gasteiger partial charge in [-0.1, -0.05) is 18.2 Å². The summed E-state index contributed by atoms with van der Waals surface area (Å²) >= 11 is 0. The molecule has 3 rings (SSSR count). The highest BCUT2D eigenvalue weighted by Gasteiger charge is 2.14. The van der Waals surface area contributed by atoms with Crippen LogP contribution in [-0.2, 0) is 24.0 Å². The highest BCUT2D eigenvalue weighted by Crippen LogP contribution is 2.23. The van der Waals surface area contributed by atoms with Crippen LogP contribution in [-0.4, -0.2) is 25.8 Å². The van der Waals surface area contributed by atoms with E-state index in [4.69, 9.17) is 4.74 Å². The number of hydrogen-bond acceptors (Lipinski definition) is 2. The van der Waals surface area contributed by atoms with E-state index >= 15 is 0 Å². The first-order chi connectivity index (χ1) is 8.42. The molecule has 17 heavy (non-hydrogen) atoms. The Hall–Kier alpha value is -0.860. The molecule has 0 saturated carbocycles. The molecule has 1 saturated heterocycles. The number of rotatable bonds is 3. The number of aryl methyl sites for hydroxylation is 3. The zero-order valence-corrected chi connectivity index (χ0v) is 10.4. The molecule has 0 radical (unpaired) electrons. The molecule has 2 aliphatic rings. The fraction of sp³-hybridized carbons (Fsp3) is 0.600. The van der Waals surface area contributed by atoms with Crippen molar-refractivity contribution in [2.75, 3.05) is 19.8 Å². The third-order valence-electron chi connectivity index (χ3n) is 3.94. The minimum Gasteiger partial charge on any atom is -0.379 e. The van der Waals surface area contributed by atoms with Gasteiger partial charge in [0, 0.05) is 12.6 Å². The van der Waals surface area contributed by atoms with Gasteiger partial charge < -0.3 is 10.1 Å². The van der Waals surface area contributed by atoms with Gasteiger partial charge in [-0.05, 0) is 48.8 Å². The largest absolute Gasteiger partial charge is 0.379 e. The van der Waals surface area contributed by atoms with E-state index in [0.717, 1.165) is 19.8 Å². The van der Waals surface area contributed by atoms with Crippen LogP contribution in [0.25, 0.3) is 0 Å². The van der Waals surface area contributed by atoms with Crippen LogP contribution < -0.4 is 5.32 Å². The van der Waals surface area contributed by atoms with Gasteiger partial charge in [0.05, 0.1) is 13.2 Å². The Balaban J connectivity index is 1.57. The summed E-state index contributed by atoms with van der Waals surface area (Å²) in [5.41, 5.74) is 4.67. The predicted molar refractivity (Wildman–Crippen MR) is 69.4 cm³/mol. The molecule has 1 heterocycles. The van der Waals surface area contributed by atoms with Crippen molar-refractivity contribution < 1.29 is 4.74 Å². The highest BCUT2D eigenvalue weighted by atomic mass is 16.5. The summed E-state index contributed by atoms with van der Waals surface area (Å²) in [6.45, 7) is 2.76. The highest BCUT2D eigenvalue weighted by molar-refractivity contribution is 5.35. The summed E-state index contributed by atoms with van der Waals surface area (Å²) in [4.78, 5) is 0. The number of fused-ring (bicyclic) bond motifs is 1. The van der Waals surface area contributed by atoms with Crippen LogP contribution in [0.3, 0.4) is 0 Å². The molecule has 1 aliphatic heterocycles. The molecular formula is C15H21NO. The van der Waals surface area contributed by atoms with E-state index < -0.39 is 0 Å². The fourth-order valence-electron chi connectivity index (χ4n) is 2.93. The molecular weight excluding hydrogens is 210 g/mol. The smallest absolute Gasteiger partial charge is 0.0620 e. The second-order valence-corrected chi connectivity index (χ2v) is 5.22. The molecule has 92 valence electrons. The number of hydrogen-bond donors (Lipinski definition) is 1. The Kier molecular flexibility index (Phi) is 3.44. The maximum Gasteiger partial charge on any atom is 0.0620 e. The first-order valence-electron chi connectivity index (χ1n) is 6.83. The molecule has 2 heteroatoms. The van der Waals surface area contributed by atoms with Gasteiger partial charge in [0.1, 0.15) is 0 Å². The molecule has 1 aromatic rings. The van der Waals surface area contributed by atoms with Crippen LogP contribution in [0.2, 0.25) is 0 Å². The quantitative estimate of drug-likeness (QED) is 0.860. The van der Waals surface area contributed by atoms with Crippen molar-refractivity contribution in [1.82, 2.24) is 5.32 Å². The van der Waals surface area contributed by atoms with Gasteiger partial charge in [0.2, 0.25) is 0 Å². The SMILES string of the molecule is c1cc2c(cc1CCC1COCCN1)CCC2.